The van der Waals surface area contributed by atoms with Gasteiger partial charge in [-0.05, 0) is 43.9 Å². The molecule has 1 aromatic heterocycles. The summed E-state index contributed by atoms with van der Waals surface area (Å²) < 4.78 is 10.2. The molecule has 1 aliphatic rings. The molecule has 0 radical (unpaired) electrons. The van der Waals surface area contributed by atoms with Gasteiger partial charge >= 0.3 is 11.9 Å². The number of aromatic nitrogens is 1. The summed E-state index contributed by atoms with van der Waals surface area (Å²) in [4.78, 5) is 28.2. The van der Waals surface area contributed by atoms with E-state index in [-0.39, 0.29) is 24.2 Å². The molecule has 1 heterocycles. The van der Waals surface area contributed by atoms with E-state index < -0.39 is 5.97 Å². The van der Waals surface area contributed by atoms with Crippen molar-refractivity contribution in [3.63, 3.8) is 0 Å². The van der Waals surface area contributed by atoms with Crippen LogP contribution in [-0.2, 0) is 14.3 Å². The van der Waals surface area contributed by atoms with Crippen LogP contribution in [-0.4, -0.2) is 30.6 Å². The molecule has 1 fully saturated rings. The van der Waals surface area contributed by atoms with E-state index in [1.807, 2.05) is 0 Å². The van der Waals surface area contributed by atoms with E-state index in [0.29, 0.717) is 32.1 Å². The van der Waals surface area contributed by atoms with Crippen LogP contribution in [0.25, 0.3) is 17.0 Å². The number of benzene rings is 1. The van der Waals surface area contributed by atoms with Gasteiger partial charge in [0.05, 0.1) is 18.7 Å². The van der Waals surface area contributed by atoms with Gasteiger partial charge in [0, 0.05) is 27.1 Å². The lowest BCUT2D eigenvalue weighted by Gasteiger charge is -2.23. The van der Waals surface area contributed by atoms with E-state index >= 15 is 0 Å². The van der Waals surface area contributed by atoms with Crippen molar-refractivity contribution in [3.05, 3.63) is 39.0 Å². The summed E-state index contributed by atoms with van der Waals surface area (Å²) >= 11 is 12.6. The molecule has 5 nitrogen and oxygen atoms in total. The first kappa shape index (κ1) is 20.7. The Labute approximate surface area is 174 Å². The van der Waals surface area contributed by atoms with Crippen LogP contribution in [0.4, 0.5) is 0 Å². The Morgan fingerprint density at radius 3 is 2.57 bits per heavy atom. The fraction of sp³-hybridized carbons (Fsp3) is 0.429. The summed E-state index contributed by atoms with van der Waals surface area (Å²) in [6, 6.07) is 3.31. The molecular formula is C21H23Cl2NO4. The number of esters is 2. The highest BCUT2D eigenvalue weighted by Gasteiger charge is 2.27. The van der Waals surface area contributed by atoms with Gasteiger partial charge in [-0.3, -0.25) is 0 Å². The first-order chi connectivity index (χ1) is 13.5. The van der Waals surface area contributed by atoms with Crippen molar-refractivity contribution in [3.8, 4) is 0 Å². The molecule has 28 heavy (non-hydrogen) atoms. The molecule has 1 saturated carbocycles. The van der Waals surface area contributed by atoms with Gasteiger partial charge < -0.3 is 14.5 Å². The molecule has 0 atom stereocenters. The second kappa shape index (κ2) is 9.01. The standard InChI is InChI=1S/C21H23Cl2NO4/c1-3-28-21(26)19-15(18-16(23)9-13(22)10-17(18)24-19)11-14(20(25)27-2)12-7-5-4-6-8-12/h9-12,24H,3-8H2,1-2H3/b14-11-. The van der Waals surface area contributed by atoms with Gasteiger partial charge in [0.2, 0.25) is 0 Å². The van der Waals surface area contributed by atoms with Gasteiger partial charge in [0.25, 0.3) is 0 Å². The van der Waals surface area contributed by atoms with E-state index in [2.05, 4.69) is 4.98 Å². The third-order valence-electron chi connectivity index (χ3n) is 5.10. The zero-order valence-corrected chi connectivity index (χ0v) is 17.5. The molecule has 0 amide bonds. The van der Waals surface area contributed by atoms with Crippen LogP contribution in [0.2, 0.25) is 10.0 Å². The Kier molecular flexibility index (Phi) is 6.68. The van der Waals surface area contributed by atoms with E-state index in [1.54, 1.807) is 25.1 Å². The first-order valence-electron chi connectivity index (χ1n) is 9.44. The van der Waals surface area contributed by atoms with Crippen LogP contribution in [0.15, 0.2) is 17.7 Å². The number of halogens is 2. The summed E-state index contributed by atoms with van der Waals surface area (Å²) in [7, 11) is 1.37. The Balaban J connectivity index is 2.22. The highest BCUT2D eigenvalue weighted by Crippen LogP contribution is 2.37. The Morgan fingerprint density at radius 1 is 1.21 bits per heavy atom. The number of H-pyrrole nitrogens is 1. The minimum atomic E-state index is -0.509. The molecule has 1 N–H and O–H groups in total. The summed E-state index contributed by atoms with van der Waals surface area (Å²) in [5, 5.41) is 1.48. The number of ether oxygens (including phenoxy) is 2. The van der Waals surface area contributed by atoms with Crippen LogP contribution in [0.1, 0.15) is 55.1 Å². The maximum atomic E-state index is 12.6. The summed E-state index contributed by atoms with van der Waals surface area (Å²) in [6.07, 6.45) is 6.85. The number of aromatic amines is 1. The highest BCUT2D eigenvalue weighted by molar-refractivity contribution is 6.39. The number of rotatable bonds is 5. The van der Waals surface area contributed by atoms with Gasteiger partial charge in [0.15, 0.2) is 0 Å². The maximum absolute atomic E-state index is 12.6. The second-order valence-corrected chi connectivity index (χ2v) is 7.71. The molecule has 2 aromatic rings. The average Bonchev–Trinajstić information content (AvgIpc) is 3.04. The molecule has 3 rings (SSSR count). The molecule has 0 bridgehead atoms. The van der Waals surface area contributed by atoms with Crippen molar-refractivity contribution in [2.45, 2.75) is 39.0 Å². The van der Waals surface area contributed by atoms with Crippen LogP contribution in [0.3, 0.4) is 0 Å². The van der Waals surface area contributed by atoms with E-state index in [0.717, 1.165) is 32.1 Å². The zero-order chi connectivity index (χ0) is 20.3. The van der Waals surface area contributed by atoms with Crippen molar-refractivity contribution < 1.29 is 19.1 Å². The fourth-order valence-corrected chi connectivity index (χ4v) is 4.41. The summed E-state index contributed by atoms with van der Waals surface area (Å²) in [5.41, 5.74) is 1.94. The normalized spacial score (nSPS) is 15.6. The lowest BCUT2D eigenvalue weighted by atomic mass is 9.83. The molecule has 0 spiro atoms. The molecule has 1 aliphatic carbocycles. The third-order valence-corrected chi connectivity index (χ3v) is 5.62. The lowest BCUT2D eigenvalue weighted by molar-refractivity contribution is -0.136. The molecule has 0 unspecified atom stereocenters. The summed E-state index contributed by atoms with van der Waals surface area (Å²) in [5.74, 6) is -0.807. The van der Waals surface area contributed by atoms with Gasteiger partial charge in [-0.2, -0.15) is 0 Å². The minimum absolute atomic E-state index is 0.0901. The van der Waals surface area contributed by atoms with Gasteiger partial charge in [-0.25, -0.2) is 9.59 Å². The quantitative estimate of drug-likeness (QED) is 0.488. The zero-order valence-electron chi connectivity index (χ0n) is 15.9. The Hall–Kier alpha value is -1.98. The van der Waals surface area contributed by atoms with Crippen molar-refractivity contribution >= 4 is 52.1 Å². The van der Waals surface area contributed by atoms with Crippen molar-refractivity contribution in [2.75, 3.05) is 13.7 Å². The van der Waals surface area contributed by atoms with E-state index in [1.165, 1.54) is 7.11 Å². The highest BCUT2D eigenvalue weighted by atomic mass is 35.5. The van der Waals surface area contributed by atoms with E-state index in [4.69, 9.17) is 32.7 Å². The molecule has 150 valence electrons. The predicted octanol–water partition coefficient (Wildman–Crippen LogP) is 5.79. The number of hydrogen-bond acceptors (Lipinski definition) is 4. The smallest absolute Gasteiger partial charge is 0.355 e. The Morgan fingerprint density at radius 2 is 1.93 bits per heavy atom. The maximum Gasteiger partial charge on any atom is 0.355 e. The second-order valence-electron chi connectivity index (χ2n) is 6.87. The first-order valence-corrected chi connectivity index (χ1v) is 10.2. The van der Waals surface area contributed by atoms with Crippen molar-refractivity contribution in [2.24, 2.45) is 5.92 Å². The van der Waals surface area contributed by atoms with Crippen molar-refractivity contribution in [1.82, 2.24) is 4.98 Å². The molecule has 0 saturated heterocycles. The average molecular weight is 424 g/mol. The SMILES string of the molecule is CCOC(=O)c1[nH]c2cc(Cl)cc(Cl)c2c1/C=C(\C(=O)OC)C1CCCCC1. The third kappa shape index (κ3) is 4.20. The number of fused-ring (bicyclic) bond motifs is 1. The predicted molar refractivity (Wildman–Crippen MR) is 111 cm³/mol. The van der Waals surface area contributed by atoms with Gasteiger partial charge in [-0.1, -0.05) is 42.5 Å². The Bertz CT molecular complexity index is 926. The molecular weight excluding hydrogens is 401 g/mol. The molecule has 1 aromatic carbocycles. The minimum Gasteiger partial charge on any atom is -0.466 e. The fourth-order valence-electron chi connectivity index (χ4n) is 3.81. The van der Waals surface area contributed by atoms with Crippen LogP contribution < -0.4 is 0 Å². The number of hydrogen-bond donors (Lipinski definition) is 1. The van der Waals surface area contributed by atoms with Crippen LogP contribution >= 0.6 is 23.2 Å². The van der Waals surface area contributed by atoms with Crippen molar-refractivity contribution in [1.29, 1.82) is 0 Å². The molecule has 0 aliphatic heterocycles. The van der Waals surface area contributed by atoms with Gasteiger partial charge in [0.1, 0.15) is 5.69 Å². The monoisotopic (exact) mass is 423 g/mol. The molecule has 7 heteroatoms. The van der Waals surface area contributed by atoms with E-state index in [9.17, 15) is 9.59 Å². The number of carbonyl (C=O) groups is 2. The number of methoxy groups -OCH3 is 1. The lowest BCUT2D eigenvalue weighted by Crippen LogP contribution is -2.17. The topological polar surface area (TPSA) is 68.4 Å². The number of carbonyl (C=O) groups excluding carboxylic acids is 2. The van der Waals surface area contributed by atoms with Crippen LogP contribution in [0.5, 0.6) is 0 Å². The van der Waals surface area contributed by atoms with Crippen LogP contribution in [0, 0.1) is 5.92 Å². The largest absolute Gasteiger partial charge is 0.466 e. The summed E-state index contributed by atoms with van der Waals surface area (Å²) in [6.45, 7) is 1.97. The van der Waals surface area contributed by atoms with Gasteiger partial charge in [-0.15, -0.1) is 0 Å². The number of nitrogens with one attached hydrogen (secondary N) is 1.